The molecule has 2 heteroatoms. The summed E-state index contributed by atoms with van der Waals surface area (Å²) < 4.78 is 4.86. The average Bonchev–Trinajstić information content (AvgIpc) is 2.53. The fourth-order valence-corrected chi connectivity index (χ4v) is 2.27. The molecule has 2 aromatic carbocycles. The van der Waals surface area contributed by atoms with Crippen LogP contribution in [0.3, 0.4) is 0 Å². The molecule has 2 nitrogen and oxygen atoms in total. The van der Waals surface area contributed by atoms with Gasteiger partial charge in [0, 0.05) is 19.7 Å². The van der Waals surface area contributed by atoms with E-state index in [2.05, 4.69) is 66.5 Å². The van der Waals surface area contributed by atoms with Crippen LogP contribution in [0.4, 0.5) is 0 Å². The minimum absolute atomic E-state index is 0.299. The Hall–Kier alpha value is -2.08. The van der Waals surface area contributed by atoms with E-state index in [0.29, 0.717) is 12.6 Å². The Morgan fingerprint density at radius 2 is 2.00 bits per heavy atom. The molecule has 1 atom stereocenters. The van der Waals surface area contributed by atoms with Crippen LogP contribution in [0.2, 0.25) is 0 Å². The second-order valence-electron chi connectivity index (χ2n) is 4.85. The van der Waals surface area contributed by atoms with Crippen molar-refractivity contribution in [3.63, 3.8) is 0 Å². The van der Waals surface area contributed by atoms with Gasteiger partial charge in [0.25, 0.3) is 0 Å². The lowest BCUT2D eigenvalue weighted by atomic mass is 10.00. The molecule has 21 heavy (non-hydrogen) atoms. The van der Waals surface area contributed by atoms with Crippen molar-refractivity contribution < 1.29 is 4.74 Å². The molecule has 0 saturated heterocycles. The van der Waals surface area contributed by atoms with Crippen molar-refractivity contribution in [3.05, 3.63) is 60.2 Å². The summed E-state index contributed by atoms with van der Waals surface area (Å²) in [5, 5.41) is 6.09. The zero-order valence-corrected chi connectivity index (χ0v) is 12.6. The van der Waals surface area contributed by atoms with Crippen LogP contribution in [0.15, 0.2) is 54.6 Å². The molecule has 0 fully saturated rings. The van der Waals surface area contributed by atoms with Crippen molar-refractivity contribution in [3.8, 4) is 11.8 Å². The normalized spacial score (nSPS) is 12.3. The maximum atomic E-state index is 4.86. The van der Waals surface area contributed by atoms with E-state index in [4.69, 9.17) is 4.74 Å². The summed E-state index contributed by atoms with van der Waals surface area (Å²) >= 11 is 0. The molecule has 0 radical (unpaired) electrons. The summed E-state index contributed by atoms with van der Waals surface area (Å²) in [6.07, 6.45) is 3.89. The Kier molecular flexibility index (Phi) is 6.02. The topological polar surface area (TPSA) is 21.3 Å². The van der Waals surface area contributed by atoms with Gasteiger partial charge in [-0.2, -0.15) is 0 Å². The number of nitrogens with one attached hydrogen (secondary N) is 1. The van der Waals surface area contributed by atoms with Gasteiger partial charge in [-0.1, -0.05) is 60.4 Å². The highest BCUT2D eigenvalue weighted by Crippen LogP contribution is 2.23. The zero-order valence-electron chi connectivity index (χ0n) is 12.6. The van der Waals surface area contributed by atoms with Crippen LogP contribution in [0.1, 0.15) is 18.5 Å². The predicted molar refractivity (Wildman–Crippen MR) is 89.2 cm³/mol. The number of hydrogen-bond donors (Lipinski definition) is 1. The lowest BCUT2D eigenvalue weighted by Crippen LogP contribution is -2.18. The molecule has 0 bridgehead atoms. The van der Waals surface area contributed by atoms with Crippen molar-refractivity contribution in [1.29, 1.82) is 0 Å². The number of fused-ring (bicyclic) bond motifs is 1. The van der Waals surface area contributed by atoms with E-state index >= 15 is 0 Å². The highest BCUT2D eigenvalue weighted by Gasteiger charge is 2.07. The smallest absolute Gasteiger partial charge is 0.107 e. The Morgan fingerprint density at radius 3 is 2.86 bits per heavy atom. The average molecular weight is 279 g/mol. The van der Waals surface area contributed by atoms with Crippen molar-refractivity contribution in [2.75, 3.05) is 20.3 Å². The van der Waals surface area contributed by atoms with Crippen LogP contribution >= 0.6 is 0 Å². The first-order valence-corrected chi connectivity index (χ1v) is 7.16. The van der Waals surface area contributed by atoms with Crippen LogP contribution in [0.25, 0.3) is 10.8 Å². The number of allylic oxidation sites excluding steroid dienone is 1. The van der Waals surface area contributed by atoms with E-state index < -0.39 is 0 Å². The molecule has 0 aromatic heterocycles. The molecule has 0 unspecified atom stereocenters. The van der Waals surface area contributed by atoms with Crippen LogP contribution in [0.5, 0.6) is 0 Å². The zero-order chi connectivity index (χ0) is 14.9. The molecule has 2 rings (SSSR count). The van der Waals surface area contributed by atoms with Crippen LogP contribution in [0, 0.1) is 11.8 Å². The molecule has 0 saturated carbocycles. The Balaban J connectivity index is 1.97. The van der Waals surface area contributed by atoms with Crippen molar-refractivity contribution in [2.24, 2.45) is 0 Å². The number of rotatable bonds is 5. The summed E-state index contributed by atoms with van der Waals surface area (Å²) in [5.41, 5.74) is 1.33. The molecule has 0 amide bonds. The molecule has 0 spiro atoms. The van der Waals surface area contributed by atoms with Gasteiger partial charge in [0.2, 0.25) is 0 Å². The maximum Gasteiger partial charge on any atom is 0.107 e. The summed E-state index contributed by atoms with van der Waals surface area (Å²) in [6, 6.07) is 15.2. The van der Waals surface area contributed by atoms with Gasteiger partial charge in [0.15, 0.2) is 0 Å². The Labute approximate surface area is 126 Å². The van der Waals surface area contributed by atoms with Gasteiger partial charge < -0.3 is 10.1 Å². The first-order valence-electron chi connectivity index (χ1n) is 7.16. The third kappa shape index (κ3) is 4.46. The third-order valence-corrected chi connectivity index (χ3v) is 3.35. The van der Waals surface area contributed by atoms with E-state index in [-0.39, 0.29) is 0 Å². The van der Waals surface area contributed by atoms with E-state index in [1.54, 1.807) is 7.11 Å². The largest absolute Gasteiger partial charge is 0.372 e. The van der Waals surface area contributed by atoms with Crippen molar-refractivity contribution in [2.45, 2.75) is 13.0 Å². The van der Waals surface area contributed by atoms with Crippen molar-refractivity contribution >= 4 is 10.8 Å². The monoisotopic (exact) mass is 279 g/mol. The highest BCUT2D eigenvalue weighted by atomic mass is 16.5. The summed E-state index contributed by atoms with van der Waals surface area (Å²) in [5.74, 6) is 5.83. The molecule has 0 aliphatic rings. The fourth-order valence-electron chi connectivity index (χ4n) is 2.27. The fraction of sp³-hybridized carbons (Fsp3) is 0.263. The van der Waals surface area contributed by atoms with E-state index in [0.717, 1.165) is 6.54 Å². The molecular weight excluding hydrogens is 258 g/mol. The number of benzene rings is 2. The van der Waals surface area contributed by atoms with E-state index in [1.807, 2.05) is 12.2 Å². The minimum Gasteiger partial charge on any atom is -0.372 e. The predicted octanol–water partition coefficient (Wildman–Crippen LogP) is 3.70. The molecule has 0 aliphatic heterocycles. The SMILES string of the molecule is COCC#CC=CCN[C@H](C)c1cccc2ccccc12. The quantitative estimate of drug-likeness (QED) is 0.843. The van der Waals surface area contributed by atoms with Gasteiger partial charge in [-0.05, 0) is 29.3 Å². The van der Waals surface area contributed by atoms with Gasteiger partial charge in [0.05, 0.1) is 0 Å². The van der Waals surface area contributed by atoms with Gasteiger partial charge in [0.1, 0.15) is 6.61 Å². The Bertz CT molecular complexity index is 659. The summed E-state index contributed by atoms with van der Waals surface area (Å²) in [6.45, 7) is 3.46. The highest BCUT2D eigenvalue weighted by molar-refractivity contribution is 5.86. The maximum absolute atomic E-state index is 4.86. The van der Waals surface area contributed by atoms with E-state index in [9.17, 15) is 0 Å². The molecular formula is C19H21NO. The minimum atomic E-state index is 0.299. The second-order valence-corrected chi connectivity index (χ2v) is 4.85. The lowest BCUT2D eigenvalue weighted by molar-refractivity contribution is 0.240. The molecule has 0 aliphatic carbocycles. The van der Waals surface area contributed by atoms with Crippen LogP contribution in [-0.4, -0.2) is 20.3 Å². The first kappa shape index (κ1) is 15.3. The van der Waals surface area contributed by atoms with E-state index in [1.165, 1.54) is 16.3 Å². The third-order valence-electron chi connectivity index (χ3n) is 3.35. The summed E-state index contributed by atoms with van der Waals surface area (Å²) in [4.78, 5) is 0. The number of methoxy groups -OCH3 is 1. The standard InChI is InChI=1S/C19H21NO/c1-16(20-14-7-3-4-8-15-21-2)18-13-9-11-17-10-5-6-12-19(17)18/h3,5-7,9-13,16,20H,14-15H2,1-2H3/t16-/m1/s1. The number of hydrogen-bond acceptors (Lipinski definition) is 2. The lowest BCUT2D eigenvalue weighted by Gasteiger charge is -2.15. The van der Waals surface area contributed by atoms with Gasteiger partial charge in [-0.3, -0.25) is 0 Å². The molecule has 108 valence electrons. The molecule has 1 N–H and O–H groups in total. The summed E-state index contributed by atoms with van der Waals surface area (Å²) in [7, 11) is 1.64. The first-order chi connectivity index (χ1) is 10.3. The molecule has 2 aromatic rings. The van der Waals surface area contributed by atoms with Gasteiger partial charge >= 0.3 is 0 Å². The van der Waals surface area contributed by atoms with Gasteiger partial charge in [-0.25, -0.2) is 0 Å². The van der Waals surface area contributed by atoms with Crippen LogP contribution < -0.4 is 5.32 Å². The van der Waals surface area contributed by atoms with Gasteiger partial charge in [-0.15, -0.1) is 0 Å². The second kappa shape index (κ2) is 8.26. The molecule has 0 heterocycles. The Morgan fingerprint density at radius 1 is 1.19 bits per heavy atom. The van der Waals surface area contributed by atoms with Crippen LogP contribution in [-0.2, 0) is 4.74 Å². The van der Waals surface area contributed by atoms with Crippen molar-refractivity contribution in [1.82, 2.24) is 5.32 Å². The number of ether oxygens (including phenoxy) is 1.